The fourth-order valence-corrected chi connectivity index (χ4v) is 2.35. The molecule has 2 rings (SSSR count). The zero-order valence-corrected chi connectivity index (χ0v) is 14.7. The number of halogens is 1. The molecule has 0 aliphatic rings. The summed E-state index contributed by atoms with van der Waals surface area (Å²) in [5.41, 5.74) is 0.887. The summed E-state index contributed by atoms with van der Waals surface area (Å²) >= 11 is 1.63. The van der Waals surface area contributed by atoms with Crippen LogP contribution in [0.1, 0.15) is 12.5 Å². The molecule has 25 heavy (non-hydrogen) atoms. The predicted octanol–water partition coefficient (Wildman–Crippen LogP) is 4.13. The number of carbonyl (C=O) groups excluding carboxylic acids is 2. The number of carbonyl (C=O) groups is 2. The van der Waals surface area contributed by atoms with E-state index in [1.54, 1.807) is 23.9 Å². The van der Waals surface area contributed by atoms with Gasteiger partial charge < -0.3 is 10.1 Å². The van der Waals surface area contributed by atoms with Crippen LogP contribution in [0.5, 0.6) is 0 Å². The number of nitrogens with one attached hydrogen (secondary N) is 1. The molecule has 0 radical (unpaired) electrons. The zero-order chi connectivity index (χ0) is 18.2. The van der Waals surface area contributed by atoms with Gasteiger partial charge in [-0.15, -0.1) is 11.8 Å². The van der Waals surface area contributed by atoms with E-state index in [0.717, 1.165) is 10.5 Å². The molecule has 1 N–H and O–H groups in total. The minimum atomic E-state index is -1.05. The highest BCUT2D eigenvalue weighted by Crippen LogP contribution is 2.16. The van der Waals surface area contributed by atoms with Crippen molar-refractivity contribution in [2.45, 2.75) is 17.9 Å². The number of rotatable bonds is 6. The summed E-state index contributed by atoms with van der Waals surface area (Å²) in [5.74, 6) is -1.80. The van der Waals surface area contributed by atoms with Gasteiger partial charge in [-0.05, 0) is 49.1 Å². The van der Waals surface area contributed by atoms with Crippen molar-refractivity contribution in [2.24, 2.45) is 0 Å². The summed E-state index contributed by atoms with van der Waals surface area (Å²) in [4.78, 5) is 24.9. The van der Waals surface area contributed by atoms with Gasteiger partial charge in [0.1, 0.15) is 5.82 Å². The number of benzene rings is 2. The second-order valence-corrected chi connectivity index (χ2v) is 6.03. The number of amides is 1. The minimum absolute atomic E-state index is 0.0415. The molecule has 0 aromatic heterocycles. The molecule has 0 unspecified atom stereocenters. The Morgan fingerprint density at radius 1 is 1.16 bits per heavy atom. The van der Waals surface area contributed by atoms with Gasteiger partial charge in [-0.3, -0.25) is 4.79 Å². The van der Waals surface area contributed by atoms with Crippen LogP contribution in [-0.4, -0.2) is 24.2 Å². The van der Waals surface area contributed by atoms with Crippen LogP contribution in [-0.2, 0) is 14.3 Å². The Morgan fingerprint density at radius 2 is 1.84 bits per heavy atom. The Balaban J connectivity index is 1.89. The van der Waals surface area contributed by atoms with Crippen molar-refractivity contribution >= 4 is 35.4 Å². The van der Waals surface area contributed by atoms with Crippen LogP contribution < -0.4 is 5.32 Å². The molecule has 1 amide bonds. The van der Waals surface area contributed by atoms with E-state index in [4.69, 9.17) is 4.74 Å². The smallest absolute Gasteiger partial charge is 0.331 e. The standard InChI is InChI=1S/C19H18FNO3S/c1-13(19(23)21-17-6-4-3-5-16(17)20)24-18(22)12-9-14-7-10-15(25-2)11-8-14/h3-13H,1-2H3,(H,21,23)/b12-9+/t13-/m1/s1. The zero-order valence-electron chi connectivity index (χ0n) is 13.9. The quantitative estimate of drug-likeness (QED) is 0.479. The summed E-state index contributed by atoms with van der Waals surface area (Å²) in [6.07, 6.45) is 3.79. The number of thioether (sulfide) groups is 1. The maximum Gasteiger partial charge on any atom is 0.331 e. The highest BCUT2D eigenvalue weighted by Gasteiger charge is 2.17. The van der Waals surface area contributed by atoms with Crippen molar-refractivity contribution in [1.29, 1.82) is 0 Å². The number of hydrogen-bond donors (Lipinski definition) is 1. The molecule has 2 aromatic rings. The molecule has 0 fully saturated rings. The maximum absolute atomic E-state index is 13.5. The second kappa shape index (κ2) is 9.03. The third-order valence-corrected chi connectivity index (χ3v) is 4.07. The molecule has 0 spiro atoms. The predicted molar refractivity (Wildman–Crippen MR) is 97.8 cm³/mol. The summed E-state index contributed by atoms with van der Waals surface area (Å²) in [6.45, 7) is 1.43. The minimum Gasteiger partial charge on any atom is -0.449 e. The Kier molecular flexibility index (Phi) is 6.77. The average molecular weight is 359 g/mol. The van der Waals surface area contributed by atoms with E-state index in [2.05, 4.69) is 5.32 Å². The summed E-state index contributed by atoms with van der Waals surface area (Å²) < 4.78 is 18.5. The van der Waals surface area contributed by atoms with Gasteiger partial charge in [0.05, 0.1) is 5.69 Å². The summed E-state index contributed by atoms with van der Waals surface area (Å²) in [5, 5.41) is 2.38. The molecule has 0 aliphatic heterocycles. The molecule has 130 valence electrons. The molecule has 6 heteroatoms. The van der Waals surface area contributed by atoms with Crippen LogP contribution in [0, 0.1) is 5.82 Å². The lowest BCUT2D eigenvalue weighted by atomic mass is 10.2. The first-order valence-electron chi connectivity index (χ1n) is 7.57. The largest absolute Gasteiger partial charge is 0.449 e. The van der Waals surface area contributed by atoms with Gasteiger partial charge in [-0.25, -0.2) is 9.18 Å². The number of hydrogen-bond acceptors (Lipinski definition) is 4. The first kappa shape index (κ1) is 18.7. The van der Waals surface area contributed by atoms with Gasteiger partial charge in [-0.1, -0.05) is 24.3 Å². The second-order valence-electron chi connectivity index (χ2n) is 5.15. The molecule has 0 saturated heterocycles. The van der Waals surface area contributed by atoms with E-state index < -0.39 is 23.8 Å². The molecule has 2 aromatic carbocycles. The van der Waals surface area contributed by atoms with Crippen LogP contribution in [0.3, 0.4) is 0 Å². The fourth-order valence-electron chi connectivity index (χ4n) is 1.94. The normalized spacial score (nSPS) is 12.0. The summed E-state index contributed by atoms with van der Waals surface area (Å²) in [6, 6.07) is 13.4. The summed E-state index contributed by atoms with van der Waals surface area (Å²) in [7, 11) is 0. The highest BCUT2D eigenvalue weighted by molar-refractivity contribution is 7.98. The van der Waals surface area contributed by atoms with E-state index >= 15 is 0 Å². The van der Waals surface area contributed by atoms with Gasteiger partial charge >= 0.3 is 5.97 Å². The molecule has 0 saturated carbocycles. The highest BCUT2D eigenvalue weighted by atomic mass is 32.2. The van der Waals surface area contributed by atoms with Crippen LogP contribution in [0.15, 0.2) is 59.5 Å². The van der Waals surface area contributed by atoms with Gasteiger partial charge in [0.15, 0.2) is 6.10 Å². The van der Waals surface area contributed by atoms with Crippen molar-refractivity contribution in [3.05, 3.63) is 66.0 Å². The lowest BCUT2D eigenvalue weighted by Crippen LogP contribution is -2.29. The first-order chi connectivity index (χ1) is 12.0. The third kappa shape index (κ3) is 5.76. The van der Waals surface area contributed by atoms with Crippen molar-refractivity contribution in [3.63, 3.8) is 0 Å². The molecular weight excluding hydrogens is 341 g/mol. The van der Waals surface area contributed by atoms with E-state index in [-0.39, 0.29) is 5.69 Å². The lowest BCUT2D eigenvalue weighted by molar-refractivity contribution is -0.148. The molecule has 0 heterocycles. The number of anilines is 1. The van der Waals surface area contributed by atoms with E-state index in [1.807, 2.05) is 30.5 Å². The fraction of sp³-hybridized carbons (Fsp3) is 0.158. The Hall–Kier alpha value is -2.60. The maximum atomic E-state index is 13.5. The van der Waals surface area contributed by atoms with E-state index in [1.165, 1.54) is 31.2 Å². The monoisotopic (exact) mass is 359 g/mol. The van der Waals surface area contributed by atoms with Crippen LogP contribution in [0.25, 0.3) is 6.08 Å². The van der Waals surface area contributed by atoms with E-state index in [0.29, 0.717) is 0 Å². The Labute approximate surface area is 150 Å². The van der Waals surface area contributed by atoms with Crippen molar-refractivity contribution in [3.8, 4) is 0 Å². The molecular formula is C19H18FNO3S. The first-order valence-corrected chi connectivity index (χ1v) is 8.80. The lowest BCUT2D eigenvalue weighted by Gasteiger charge is -2.12. The third-order valence-electron chi connectivity index (χ3n) is 3.32. The van der Waals surface area contributed by atoms with Gasteiger partial charge in [0.25, 0.3) is 5.91 Å². The molecule has 1 atom stereocenters. The molecule has 0 aliphatic carbocycles. The van der Waals surface area contributed by atoms with Crippen LogP contribution >= 0.6 is 11.8 Å². The number of para-hydroxylation sites is 1. The number of esters is 1. The van der Waals surface area contributed by atoms with Crippen molar-refractivity contribution < 1.29 is 18.7 Å². The average Bonchev–Trinajstić information content (AvgIpc) is 2.62. The van der Waals surface area contributed by atoms with Crippen molar-refractivity contribution in [2.75, 3.05) is 11.6 Å². The van der Waals surface area contributed by atoms with Crippen LogP contribution in [0.4, 0.5) is 10.1 Å². The SMILES string of the molecule is CSc1ccc(/C=C/C(=O)O[C@H](C)C(=O)Nc2ccccc2F)cc1. The molecule has 4 nitrogen and oxygen atoms in total. The van der Waals surface area contributed by atoms with Gasteiger partial charge in [0, 0.05) is 11.0 Å². The van der Waals surface area contributed by atoms with E-state index in [9.17, 15) is 14.0 Å². The number of ether oxygens (including phenoxy) is 1. The Bertz CT molecular complexity index is 774. The van der Waals surface area contributed by atoms with Gasteiger partial charge in [0.2, 0.25) is 0 Å². The van der Waals surface area contributed by atoms with Gasteiger partial charge in [-0.2, -0.15) is 0 Å². The van der Waals surface area contributed by atoms with Crippen LogP contribution in [0.2, 0.25) is 0 Å². The topological polar surface area (TPSA) is 55.4 Å². The van der Waals surface area contributed by atoms with Crippen molar-refractivity contribution in [1.82, 2.24) is 0 Å². The Morgan fingerprint density at radius 3 is 2.48 bits per heavy atom. The molecule has 0 bridgehead atoms.